The fraction of sp³-hybridized carbons (Fsp3) is 0.522. The van der Waals surface area contributed by atoms with Gasteiger partial charge in [-0.15, -0.1) is 0 Å². The number of hydrogen-bond donors (Lipinski definition) is 4. The van der Waals surface area contributed by atoms with Crippen LogP contribution in [-0.4, -0.2) is 61.8 Å². The molecule has 0 bridgehead atoms. The molecule has 3 rings (SSSR count). The first-order valence-corrected chi connectivity index (χ1v) is 12.8. The van der Waals surface area contributed by atoms with Gasteiger partial charge in [0.2, 0.25) is 0 Å². The van der Waals surface area contributed by atoms with E-state index in [1.54, 1.807) is 19.9 Å². The number of rotatable bonds is 10. The first kappa shape index (κ1) is 23.3. The second-order valence-corrected chi connectivity index (χ2v) is 10.5. The number of aliphatic hydroxyl groups excluding tert-OH is 1. The van der Waals surface area contributed by atoms with Crippen LogP contribution in [0.15, 0.2) is 52.2 Å². The van der Waals surface area contributed by atoms with Gasteiger partial charge in [-0.2, -0.15) is 5.09 Å². The quantitative estimate of drug-likeness (QED) is 0.248. The Morgan fingerprint density at radius 1 is 1.32 bits per heavy atom. The predicted molar refractivity (Wildman–Crippen MR) is 131 cm³/mol. The van der Waals surface area contributed by atoms with Gasteiger partial charge in [0, 0.05) is 16.4 Å². The summed E-state index contributed by atoms with van der Waals surface area (Å²) < 4.78 is 68.2. The molecule has 37 heavy (non-hydrogen) atoms. The van der Waals surface area contributed by atoms with Crippen LogP contribution in [0, 0.1) is 0 Å². The van der Waals surface area contributed by atoms with Crippen molar-refractivity contribution < 1.29 is 43.6 Å². The minimum absolute atomic E-state index is 0.0300. The molecule has 7 atom stereocenters. The summed E-state index contributed by atoms with van der Waals surface area (Å²) in [4.78, 5) is 38.4. The highest BCUT2D eigenvalue weighted by atomic mass is 31.2. The van der Waals surface area contributed by atoms with Crippen molar-refractivity contribution in [1.82, 2.24) is 14.6 Å². The molecule has 13 nitrogen and oxygen atoms in total. The minimum Gasteiger partial charge on any atom is -0.462 e. The van der Waals surface area contributed by atoms with E-state index in [-0.39, 0.29) is 5.75 Å². The third kappa shape index (κ3) is 6.75. The van der Waals surface area contributed by atoms with Crippen molar-refractivity contribution in [2.75, 3.05) is 0 Å². The van der Waals surface area contributed by atoms with E-state index in [2.05, 4.69) is 5.09 Å². The van der Waals surface area contributed by atoms with E-state index < -0.39 is 80.1 Å². The summed E-state index contributed by atoms with van der Waals surface area (Å²) in [7, 11) is -4.81. The lowest BCUT2D eigenvalue weighted by atomic mass is 9.94. The maximum Gasteiger partial charge on any atom is 0.459 e. The minimum atomic E-state index is -4.81. The van der Waals surface area contributed by atoms with Crippen LogP contribution in [0.1, 0.15) is 46.3 Å². The van der Waals surface area contributed by atoms with Crippen LogP contribution in [0.25, 0.3) is 0 Å². The van der Waals surface area contributed by atoms with Gasteiger partial charge in [-0.1, -0.05) is 18.2 Å². The van der Waals surface area contributed by atoms with Crippen LogP contribution >= 0.6 is 7.75 Å². The number of H-pyrrole nitrogens is 1. The lowest BCUT2D eigenvalue weighted by molar-refractivity contribution is -0.149. The van der Waals surface area contributed by atoms with Crippen molar-refractivity contribution in [3.05, 3.63) is 63.4 Å². The van der Waals surface area contributed by atoms with Crippen molar-refractivity contribution >= 4 is 13.7 Å². The van der Waals surface area contributed by atoms with Crippen LogP contribution in [0.2, 0.25) is 0 Å². The molecule has 1 fully saturated rings. The number of esters is 1. The van der Waals surface area contributed by atoms with Crippen LogP contribution in [-0.2, 0) is 23.4 Å². The zero-order valence-electron chi connectivity index (χ0n) is 24.5. The maximum absolute atomic E-state index is 14.0. The average molecular weight is 546 g/mol. The lowest BCUT2D eigenvalue weighted by Gasteiger charge is -2.29. The summed E-state index contributed by atoms with van der Waals surface area (Å²) in [5.41, 5.74) is -4.52. The fourth-order valence-electron chi connectivity index (χ4n) is 3.51. The first-order valence-electron chi connectivity index (χ1n) is 13.2. The smallest absolute Gasteiger partial charge is 0.459 e. The number of aromatic nitrogens is 2. The summed E-state index contributed by atoms with van der Waals surface area (Å²) in [6, 6.07) is 5.47. The number of carbonyl (C=O) groups excluding carboxylic acids is 1. The predicted octanol–water partition coefficient (Wildman–Crippen LogP) is 1.07. The molecule has 14 heteroatoms. The number of ether oxygens (including phenoxy) is 2. The van der Waals surface area contributed by atoms with Gasteiger partial charge in [0.25, 0.3) is 5.56 Å². The molecule has 1 aliphatic heterocycles. The van der Waals surface area contributed by atoms with Crippen molar-refractivity contribution in [3.63, 3.8) is 0 Å². The average Bonchev–Trinajstić information content (AvgIpc) is 3.08. The highest BCUT2D eigenvalue weighted by molar-refractivity contribution is 7.52. The Kier molecular flexibility index (Phi) is 7.12. The number of benzene rings is 1. The van der Waals surface area contributed by atoms with E-state index in [4.69, 9.17) is 24.0 Å². The van der Waals surface area contributed by atoms with E-state index in [0.29, 0.717) is 4.57 Å². The van der Waals surface area contributed by atoms with Crippen LogP contribution in [0.5, 0.6) is 5.75 Å². The summed E-state index contributed by atoms with van der Waals surface area (Å²) in [6.07, 6.45) is -7.92. The van der Waals surface area contributed by atoms with Gasteiger partial charge in [-0.3, -0.25) is 23.7 Å². The number of hydrogen-bond acceptors (Lipinski definition) is 10. The van der Waals surface area contributed by atoms with Gasteiger partial charge in [-0.25, -0.2) is 9.36 Å². The van der Waals surface area contributed by atoms with E-state index in [1.807, 2.05) is 4.98 Å². The maximum atomic E-state index is 14.0. The number of carbonyl (C=O) groups is 1. The van der Waals surface area contributed by atoms with Crippen LogP contribution in [0.4, 0.5) is 0 Å². The number of nitrogens with zero attached hydrogens (tertiary/aromatic N) is 1. The van der Waals surface area contributed by atoms with Crippen molar-refractivity contribution in [2.45, 2.75) is 76.8 Å². The Labute approximate surface area is 218 Å². The molecule has 0 radical (unpaired) electrons. The number of nitrogens with one attached hydrogen (secondary N) is 2. The highest BCUT2D eigenvalue weighted by Gasteiger charge is 2.56. The largest absolute Gasteiger partial charge is 0.462 e. The third-order valence-electron chi connectivity index (χ3n) is 5.32. The van der Waals surface area contributed by atoms with Gasteiger partial charge >= 0.3 is 19.4 Å². The van der Waals surface area contributed by atoms with Gasteiger partial charge in [0.05, 0.1) is 13.6 Å². The molecule has 204 valence electrons. The van der Waals surface area contributed by atoms with Crippen molar-refractivity contribution in [2.24, 2.45) is 0 Å². The Balaban J connectivity index is 2.02. The Morgan fingerprint density at radius 3 is 2.62 bits per heavy atom. The number of para-hydroxylation sites is 1. The standard InChI is InChI=1S/C23H32N3O10P/c1-13(2)33-20(29)14(3)25-37(32,36-16-9-7-6-8-10-16)35-15(4)18-19(28)23(5,31)21(34-18)26-12-11-17(27)24-22(26)30/h6-15,18-19,21,28,31H,1-5H3,(H,25,32)(H,24,27,30)/t14-,15?,18+,19+,21+,23+,37-/m0/s1/i4D3,11D. The van der Waals surface area contributed by atoms with E-state index in [1.165, 1.54) is 31.2 Å². The summed E-state index contributed by atoms with van der Waals surface area (Å²) in [5.74, 6) is -0.882. The Bertz CT molecular complexity index is 1400. The second-order valence-electron chi connectivity index (χ2n) is 8.83. The Hall–Kier alpha value is -2.80. The molecule has 0 aliphatic carbocycles. The molecule has 1 aliphatic rings. The van der Waals surface area contributed by atoms with Gasteiger partial charge in [-0.05, 0) is 46.7 Å². The lowest BCUT2D eigenvalue weighted by Crippen LogP contribution is -2.48. The first-order chi connectivity index (χ1) is 18.9. The molecular weight excluding hydrogens is 509 g/mol. The molecule has 1 aromatic heterocycles. The topological polar surface area (TPSA) is 178 Å². The highest BCUT2D eigenvalue weighted by Crippen LogP contribution is 2.49. The van der Waals surface area contributed by atoms with Crippen LogP contribution < -0.4 is 20.9 Å². The second kappa shape index (κ2) is 11.3. The molecule has 2 heterocycles. The molecule has 2 aromatic rings. The monoisotopic (exact) mass is 545 g/mol. The van der Waals surface area contributed by atoms with Gasteiger partial charge in [0.15, 0.2) is 6.23 Å². The normalized spacial score (nSPS) is 28.8. The molecule has 4 N–H and O–H groups in total. The van der Waals surface area contributed by atoms with E-state index >= 15 is 0 Å². The number of aromatic amines is 1. The van der Waals surface area contributed by atoms with E-state index in [9.17, 15) is 29.2 Å². The SMILES string of the molecule is [2H]c1cn([C@@H]2O[C@H](C(O[P@@](=O)(N[C@@H](C)C(=O)OC(C)C)Oc3ccccc3)C([2H])([2H])[2H])[C@@H](O)[C@@]2(C)O)c(=O)[nH]c1=O. The van der Waals surface area contributed by atoms with Crippen LogP contribution in [0.3, 0.4) is 0 Å². The fourth-order valence-corrected chi connectivity index (χ4v) is 5.07. The number of aliphatic hydroxyl groups is 2. The molecule has 1 aromatic carbocycles. The zero-order valence-corrected chi connectivity index (χ0v) is 21.4. The van der Waals surface area contributed by atoms with Gasteiger partial charge < -0.3 is 24.2 Å². The molecule has 1 saturated heterocycles. The van der Waals surface area contributed by atoms with Crippen molar-refractivity contribution in [3.8, 4) is 5.75 Å². The summed E-state index contributed by atoms with van der Waals surface area (Å²) in [5, 5.41) is 24.4. The molecular formula is C23H32N3O10P. The molecule has 0 saturated carbocycles. The zero-order chi connectivity index (χ0) is 30.9. The molecule has 1 unspecified atom stereocenters. The third-order valence-corrected chi connectivity index (χ3v) is 6.97. The molecule has 0 spiro atoms. The molecule has 0 amide bonds. The summed E-state index contributed by atoms with van der Waals surface area (Å²) in [6.45, 7) is 2.30. The van der Waals surface area contributed by atoms with Gasteiger partial charge in [0.1, 0.15) is 29.6 Å². The van der Waals surface area contributed by atoms with Crippen molar-refractivity contribution in [1.29, 1.82) is 0 Å². The Morgan fingerprint density at radius 2 is 2.00 bits per heavy atom. The summed E-state index contributed by atoms with van der Waals surface area (Å²) >= 11 is 0. The van der Waals surface area contributed by atoms with E-state index in [0.717, 1.165) is 13.1 Å².